The second-order valence-electron chi connectivity index (χ2n) is 3.55. The maximum atomic E-state index is 12.4. The van der Waals surface area contributed by atoms with Crippen molar-refractivity contribution in [3.8, 4) is 0 Å². The van der Waals surface area contributed by atoms with Crippen molar-refractivity contribution in [3.05, 3.63) is 0 Å². The molecule has 72 valence electrons. The Hall–Kier alpha value is -0.180. The van der Waals surface area contributed by atoms with Gasteiger partial charge in [0.15, 0.2) is 0 Å². The van der Waals surface area contributed by atoms with Gasteiger partial charge in [0.2, 0.25) is 0 Å². The fraction of sp³-hybridized carbons (Fsp3) is 1.00. The molecule has 0 bridgehead atoms. The Morgan fingerprint density at radius 2 is 1.75 bits per heavy atom. The summed E-state index contributed by atoms with van der Waals surface area (Å²) in [5.41, 5.74) is 0. The molecule has 0 heterocycles. The van der Waals surface area contributed by atoms with Gasteiger partial charge in [0.05, 0.1) is 6.04 Å². The third-order valence-corrected chi connectivity index (χ3v) is 2.76. The van der Waals surface area contributed by atoms with Gasteiger partial charge < -0.3 is 5.32 Å². The van der Waals surface area contributed by atoms with E-state index in [0.717, 1.165) is 25.7 Å². The van der Waals surface area contributed by atoms with E-state index >= 15 is 0 Å². The van der Waals surface area contributed by atoms with Crippen LogP contribution in [0.4, 0.5) is 8.78 Å². The monoisotopic (exact) mass is 177 g/mol. The molecule has 1 nitrogen and oxygen atoms in total. The van der Waals surface area contributed by atoms with Gasteiger partial charge in [-0.15, -0.1) is 0 Å². The van der Waals surface area contributed by atoms with Crippen molar-refractivity contribution in [2.75, 3.05) is 7.05 Å². The second kappa shape index (κ2) is 4.75. The number of alkyl halides is 2. The lowest BCUT2D eigenvalue weighted by Crippen LogP contribution is -2.40. The quantitative estimate of drug-likeness (QED) is 0.698. The Kier molecular flexibility index (Phi) is 3.92. The van der Waals surface area contributed by atoms with Crippen molar-refractivity contribution in [2.24, 2.45) is 5.92 Å². The van der Waals surface area contributed by atoms with Crippen LogP contribution < -0.4 is 5.32 Å². The average Bonchev–Trinajstić information content (AvgIpc) is 2.07. The molecule has 1 saturated carbocycles. The lowest BCUT2D eigenvalue weighted by Gasteiger charge is -2.29. The molecule has 0 aromatic rings. The Balaban J connectivity index is 2.40. The van der Waals surface area contributed by atoms with Gasteiger partial charge in [0, 0.05) is 0 Å². The first kappa shape index (κ1) is 9.90. The highest BCUT2D eigenvalue weighted by Crippen LogP contribution is 2.28. The molecule has 0 spiro atoms. The van der Waals surface area contributed by atoms with Gasteiger partial charge in [-0.2, -0.15) is 0 Å². The molecule has 1 unspecified atom stereocenters. The molecule has 1 fully saturated rings. The smallest absolute Gasteiger partial charge is 0.253 e. The van der Waals surface area contributed by atoms with E-state index in [9.17, 15) is 8.78 Å². The van der Waals surface area contributed by atoms with Crippen LogP contribution >= 0.6 is 0 Å². The standard InChI is InChI=1S/C9H17F2N/c1-12-8(9(10)11)7-5-3-2-4-6-7/h7-9,12H,2-6H2,1H3. The molecule has 1 aliphatic carbocycles. The van der Waals surface area contributed by atoms with E-state index in [0.29, 0.717) is 0 Å². The molecule has 12 heavy (non-hydrogen) atoms. The van der Waals surface area contributed by atoms with Gasteiger partial charge in [0.25, 0.3) is 6.43 Å². The normalized spacial score (nSPS) is 23.0. The molecule has 0 amide bonds. The Labute approximate surface area is 72.5 Å². The molecule has 0 aliphatic heterocycles. The van der Waals surface area contributed by atoms with Gasteiger partial charge in [-0.25, -0.2) is 8.78 Å². The van der Waals surface area contributed by atoms with Crippen LogP contribution in [0.3, 0.4) is 0 Å². The van der Waals surface area contributed by atoms with Crippen molar-refractivity contribution in [3.63, 3.8) is 0 Å². The Bertz CT molecular complexity index is 122. The van der Waals surface area contributed by atoms with Gasteiger partial charge in [-0.3, -0.25) is 0 Å². The second-order valence-corrected chi connectivity index (χ2v) is 3.55. The van der Waals surface area contributed by atoms with Crippen molar-refractivity contribution in [1.82, 2.24) is 5.32 Å². The summed E-state index contributed by atoms with van der Waals surface area (Å²) < 4.78 is 24.8. The summed E-state index contributed by atoms with van der Waals surface area (Å²) in [6.45, 7) is 0. The van der Waals surface area contributed by atoms with E-state index in [1.807, 2.05) is 0 Å². The first-order chi connectivity index (χ1) is 5.75. The Morgan fingerprint density at radius 3 is 2.17 bits per heavy atom. The Morgan fingerprint density at radius 1 is 1.17 bits per heavy atom. The van der Waals surface area contributed by atoms with Gasteiger partial charge in [-0.05, 0) is 25.8 Å². The molecule has 0 aromatic heterocycles. The molecule has 0 aromatic carbocycles. The van der Waals surface area contributed by atoms with Crippen LogP contribution in [-0.2, 0) is 0 Å². The lowest BCUT2D eigenvalue weighted by molar-refractivity contribution is 0.0617. The zero-order valence-corrected chi connectivity index (χ0v) is 7.52. The largest absolute Gasteiger partial charge is 0.312 e. The highest BCUT2D eigenvalue weighted by Gasteiger charge is 2.28. The van der Waals surface area contributed by atoms with Gasteiger partial charge >= 0.3 is 0 Å². The predicted molar refractivity (Wildman–Crippen MR) is 45.4 cm³/mol. The third kappa shape index (κ3) is 2.41. The van der Waals surface area contributed by atoms with Crippen LogP contribution in [0.25, 0.3) is 0 Å². The number of halogens is 2. The summed E-state index contributed by atoms with van der Waals surface area (Å²) in [5.74, 6) is 0.198. The van der Waals surface area contributed by atoms with E-state index in [1.54, 1.807) is 7.05 Å². The highest BCUT2D eigenvalue weighted by atomic mass is 19.3. The van der Waals surface area contributed by atoms with Crippen LogP contribution in [0.15, 0.2) is 0 Å². The SMILES string of the molecule is CNC(C(F)F)C1CCCCC1. The summed E-state index contributed by atoms with van der Waals surface area (Å²) in [4.78, 5) is 0. The minimum Gasteiger partial charge on any atom is -0.312 e. The number of nitrogens with one attached hydrogen (secondary N) is 1. The first-order valence-corrected chi connectivity index (χ1v) is 4.71. The van der Waals surface area contributed by atoms with E-state index in [4.69, 9.17) is 0 Å². The average molecular weight is 177 g/mol. The van der Waals surface area contributed by atoms with Crippen LogP contribution in [0.5, 0.6) is 0 Å². The maximum Gasteiger partial charge on any atom is 0.253 e. The van der Waals surface area contributed by atoms with E-state index in [-0.39, 0.29) is 5.92 Å². The van der Waals surface area contributed by atoms with Crippen LogP contribution in [0, 0.1) is 5.92 Å². The summed E-state index contributed by atoms with van der Waals surface area (Å²) in [5, 5.41) is 2.72. The number of rotatable bonds is 3. The summed E-state index contributed by atoms with van der Waals surface area (Å²) in [7, 11) is 1.63. The molecular weight excluding hydrogens is 160 g/mol. The number of hydrogen-bond donors (Lipinski definition) is 1. The van der Waals surface area contributed by atoms with Gasteiger partial charge in [-0.1, -0.05) is 19.3 Å². The molecular formula is C9H17F2N. The third-order valence-electron chi connectivity index (χ3n) is 2.76. The van der Waals surface area contributed by atoms with E-state index in [1.165, 1.54) is 6.42 Å². The van der Waals surface area contributed by atoms with Gasteiger partial charge in [0.1, 0.15) is 0 Å². The zero-order valence-electron chi connectivity index (χ0n) is 7.52. The summed E-state index contributed by atoms with van der Waals surface area (Å²) >= 11 is 0. The highest BCUT2D eigenvalue weighted by molar-refractivity contribution is 4.79. The molecule has 0 saturated heterocycles. The molecule has 3 heteroatoms. The van der Waals surface area contributed by atoms with E-state index < -0.39 is 12.5 Å². The van der Waals surface area contributed by atoms with Crippen molar-refractivity contribution >= 4 is 0 Å². The summed E-state index contributed by atoms with van der Waals surface area (Å²) in [6.07, 6.45) is 3.19. The molecule has 1 aliphatic rings. The molecule has 1 N–H and O–H groups in total. The van der Waals surface area contributed by atoms with Crippen LogP contribution in [0.2, 0.25) is 0 Å². The predicted octanol–water partition coefficient (Wildman–Crippen LogP) is 2.42. The molecule has 0 radical (unpaired) electrons. The maximum absolute atomic E-state index is 12.4. The van der Waals surface area contributed by atoms with Crippen molar-refractivity contribution < 1.29 is 8.78 Å². The zero-order chi connectivity index (χ0) is 8.97. The lowest BCUT2D eigenvalue weighted by atomic mass is 9.84. The van der Waals surface area contributed by atoms with Crippen molar-refractivity contribution in [2.45, 2.75) is 44.6 Å². The molecule has 1 rings (SSSR count). The van der Waals surface area contributed by atoms with Crippen LogP contribution in [0.1, 0.15) is 32.1 Å². The first-order valence-electron chi connectivity index (χ1n) is 4.71. The minimum absolute atomic E-state index is 0.198. The molecule has 1 atom stereocenters. The van der Waals surface area contributed by atoms with Crippen molar-refractivity contribution in [1.29, 1.82) is 0 Å². The fourth-order valence-corrected chi connectivity index (χ4v) is 2.06. The summed E-state index contributed by atoms with van der Waals surface area (Å²) in [6, 6.07) is -0.578. The van der Waals surface area contributed by atoms with Crippen LogP contribution in [-0.4, -0.2) is 19.5 Å². The fourth-order valence-electron chi connectivity index (χ4n) is 2.06. The number of hydrogen-bond acceptors (Lipinski definition) is 1. The van der Waals surface area contributed by atoms with E-state index in [2.05, 4.69) is 5.32 Å². The minimum atomic E-state index is -2.21. The topological polar surface area (TPSA) is 12.0 Å².